The molecule has 0 radical (unpaired) electrons. The number of halogens is 1. The molecule has 0 aliphatic rings. The van der Waals surface area contributed by atoms with Crippen LogP contribution in [0.5, 0.6) is 5.75 Å². The highest BCUT2D eigenvalue weighted by Crippen LogP contribution is 2.24. The molecule has 1 aromatic heterocycles. The van der Waals surface area contributed by atoms with Crippen LogP contribution >= 0.6 is 11.3 Å². The van der Waals surface area contributed by atoms with E-state index in [1.807, 2.05) is 49.8 Å². The van der Waals surface area contributed by atoms with E-state index >= 15 is 0 Å². The van der Waals surface area contributed by atoms with Crippen LogP contribution in [-0.4, -0.2) is 43.5 Å². The fourth-order valence-electron chi connectivity index (χ4n) is 3.00. The van der Waals surface area contributed by atoms with E-state index in [4.69, 9.17) is 4.74 Å². The van der Waals surface area contributed by atoms with Crippen LogP contribution in [-0.2, 0) is 11.2 Å². The number of hydrogen-bond donors (Lipinski definition) is 1. The Morgan fingerprint density at radius 3 is 2.66 bits per heavy atom. The number of thiazole rings is 1. The van der Waals surface area contributed by atoms with Crippen molar-refractivity contribution in [2.75, 3.05) is 27.7 Å². The number of likely N-dealkylation sites (N-methyl/N-ethyl adjacent to an activating group) is 1. The average molecular weight is 414 g/mol. The van der Waals surface area contributed by atoms with Gasteiger partial charge in [0.25, 0.3) is 0 Å². The first-order valence-corrected chi connectivity index (χ1v) is 10.1. The van der Waals surface area contributed by atoms with Gasteiger partial charge in [-0.05, 0) is 43.9 Å². The normalized spacial score (nSPS) is 12.0. The third kappa shape index (κ3) is 5.62. The number of ether oxygens (including phenoxy) is 1. The minimum Gasteiger partial charge on any atom is -0.497 e. The average Bonchev–Trinajstić information content (AvgIpc) is 3.17. The molecule has 1 amide bonds. The Morgan fingerprint density at radius 1 is 1.24 bits per heavy atom. The second-order valence-electron chi connectivity index (χ2n) is 6.89. The van der Waals surface area contributed by atoms with Crippen molar-refractivity contribution >= 4 is 17.2 Å². The van der Waals surface area contributed by atoms with Gasteiger partial charge in [-0.15, -0.1) is 11.3 Å². The summed E-state index contributed by atoms with van der Waals surface area (Å²) in [6.45, 7) is 0.485. The molecule has 0 saturated carbocycles. The van der Waals surface area contributed by atoms with Crippen LogP contribution in [0.15, 0.2) is 53.9 Å². The molecule has 1 heterocycles. The fourth-order valence-corrected chi connectivity index (χ4v) is 3.82. The van der Waals surface area contributed by atoms with Crippen molar-refractivity contribution < 1.29 is 13.9 Å². The Balaban J connectivity index is 1.59. The summed E-state index contributed by atoms with van der Waals surface area (Å²) in [6, 6.07) is 14.2. The number of carbonyl (C=O) groups is 1. The summed E-state index contributed by atoms with van der Waals surface area (Å²) < 4.78 is 18.6. The largest absolute Gasteiger partial charge is 0.497 e. The molecular formula is C22H24FN3O2S. The van der Waals surface area contributed by atoms with E-state index < -0.39 is 0 Å². The molecule has 0 saturated heterocycles. The highest BCUT2D eigenvalue weighted by molar-refractivity contribution is 7.13. The zero-order valence-corrected chi connectivity index (χ0v) is 17.5. The standard InChI is InChI=1S/C22H24FN3O2S/c1-26(2)20(15-7-9-19(28-3)10-8-15)13-24-21(27)12-18-14-29-22(25-18)16-5-4-6-17(23)11-16/h4-11,14,20H,12-13H2,1-3H3,(H,24,27). The predicted octanol–water partition coefficient (Wildman–Crippen LogP) is 3.92. The molecule has 2 aromatic carbocycles. The third-order valence-electron chi connectivity index (χ3n) is 4.58. The quantitative estimate of drug-likeness (QED) is 0.608. The summed E-state index contributed by atoms with van der Waals surface area (Å²) in [5.74, 6) is 0.402. The Labute approximate surface area is 174 Å². The summed E-state index contributed by atoms with van der Waals surface area (Å²) >= 11 is 1.41. The van der Waals surface area contributed by atoms with Gasteiger partial charge in [0.05, 0.1) is 25.3 Å². The molecule has 29 heavy (non-hydrogen) atoms. The zero-order chi connectivity index (χ0) is 20.8. The summed E-state index contributed by atoms with van der Waals surface area (Å²) in [6.07, 6.45) is 0.189. The van der Waals surface area contributed by atoms with Crippen LogP contribution < -0.4 is 10.1 Å². The highest BCUT2D eigenvalue weighted by Gasteiger charge is 2.16. The number of nitrogens with one attached hydrogen (secondary N) is 1. The second-order valence-corrected chi connectivity index (χ2v) is 7.75. The van der Waals surface area contributed by atoms with Gasteiger partial charge in [0, 0.05) is 17.5 Å². The van der Waals surface area contributed by atoms with Crippen molar-refractivity contribution in [2.45, 2.75) is 12.5 Å². The van der Waals surface area contributed by atoms with Gasteiger partial charge in [-0.1, -0.05) is 24.3 Å². The lowest BCUT2D eigenvalue weighted by atomic mass is 10.1. The number of amides is 1. The number of benzene rings is 2. The first-order chi connectivity index (χ1) is 14.0. The molecular weight excluding hydrogens is 389 g/mol. The first kappa shape index (κ1) is 21.0. The van der Waals surface area contributed by atoms with E-state index in [9.17, 15) is 9.18 Å². The smallest absolute Gasteiger partial charge is 0.226 e. The van der Waals surface area contributed by atoms with Gasteiger partial charge in [-0.2, -0.15) is 0 Å². The third-order valence-corrected chi connectivity index (χ3v) is 5.52. The monoisotopic (exact) mass is 413 g/mol. The minimum absolute atomic E-state index is 0.0446. The molecule has 1 N–H and O–H groups in total. The Kier molecular flexibility index (Phi) is 6.95. The maximum absolute atomic E-state index is 13.4. The van der Waals surface area contributed by atoms with Gasteiger partial charge in [0.15, 0.2) is 0 Å². The molecule has 3 rings (SSSR count). The van der Waals surface area contributed by atoms with Crippen molar-refractivity contribution in [3.8, 4) is 16.3 Å². The van der Waals surface area contributed by atoms with Crippen LogP contribution in [0.2, 0.25) is 0 Å². The number of nitrogens with zero attached hydrogens (tertiary/aromatic N) is 2. The highest BCUT2D eigenvalue weighted by atomic mass is 32.1. The molecule has 0 spiro atoms. The molecule has 0 aliphatic carbocycles. The molecule has 1 unspecified atom stereocenters. The number of aromatic nitrogens is 1. The number of carbonyl (C=O) groups excluding carboxylic acids is 1. The maximum atomic E-state index is 13.4. The Morgan fingerprint density at radius 2 is 2.00 bits per heavy atom. The van der Waals surface area contributed by atoms with Crippen LogP contribution in [0.3, 0.4) is 0 Å². The van der Waals surface area contributed by atoms with E-state index in [1.54, 1.807) is 13.2 Å². The van der Waals surface area contributed by atoms with Gasteiger partial charge >= 0.3 is 0 Å². The van der Waals surface area contributed by atoms with Gasteiger partial charge in [0.1, 0.15) is 16.6 Å². The molecule has 0 bridgehead atoms. The summed E-state index contributed by atoms with van der Waals surface area (Å²) in [5, 5.41) is 5.54. The molecule has 5 nitrogen and oxygen atoms in total. The van der Waals surface area contributed by atoms with Gasteiger partial charge < -0.3 is 15.0 Å². The van der Waals surface area contributed by atoms with E-state index in [2.05, 4.69) is 15.2 Å². The topological polar surface area (TPSA) is 54.5 Å². The lowest BCUT2D eigenvalue weighted by Crippen LogP contribution is -2.35. The van der Waals surface area contributed by atoms with Crippen molar-refractivity contribution in [3.63, 3.8) is 0 Å². The van der Waals surface area contributed by atoms with Gasteiger partial charge in [0.2, 0.25) is 5.91 Å². The van der Waals surface area contributed by atoms with Crippen molar-refractivity contribution in [2.24, 2.45) is 0 Å². The Bertz CT molecular complexity index is 957. The molecule has 0 fully saturated rings. The molecule has 1 atom stereocenters. The van der Waals surface area contributed by atoms with Crippen LogP contribution in [0.25, 0.3) is 10.6 Å². The van der Waals surface area contributed by atoms with Crippen LogP contribution in [0.1, 0.15) is 17.3 Å². The minimum atomic E-state index is -0.301. The SMILES string of the molecule is COc1ccc(C(CNC(=O)Cc2csc(-c3cccc(F)c3)n2)N(C)C)cc1. The summed E-state index contributed by atoms with van der Waals surface area (Å²) in [4.78, 5) is 19.0. The van der Waals surface area contributed by atoms with E-state index in [0.29, 0.717) is 22.8 Å². The van der Waals surface area contributed by atoms with Crippen LogP contribution in [0, 0.1) is 5.82 Å². The predicted molar refractivity (Wildman–Crippen MR) is 114 cm³/mol. The lowest BCUT2D eigenvalue weighted by Gasteiger charge is -2.25. The molecule has 3 aromatic rings. The van der Waals surface area contributed by atoms with Crippen LogP contribution in [0.4, 0.5) is 4.39 Å². The summed E-state index contributed by atoms with van der Waals surface area (Å²) in [7, 11) is 5.59. The lowest BCUT2D eigenvalue weighted by molar-refractivity contribution is -0.120. The number of methoxy groups -OCH3 is 1. The van der Waals surface area contributed by atoms with E-state index in [0.717, 1.165) is 11.3 Å². The fraction of sp³-hybridized carbons (Fsp3) is 0.273. The van der Waals surface area contributed by atoms with Gasteiger partial charge in [-0.3, -0.25) is 4.79 Å². The molecule has 152 valence electrons. The molecule has 7 heteroatoms. The number of hydrogen-bond acceptors (Lipinski definition) is 5. The number of rotatable bonds is 8. The zero-order valence-electron chi connectivity index (χ0n) is 16.7. The second kappa shape index (κ2) is 9.62. The first-order valence-electron chi connectivity index (χ1n) is 9.23. The van der Waals surface area contributed by atoms with Crippen molar-refractivity contribution in [3.05, 3.63) is 71.0 Å². The Hall–Kier alpha value is -2.77. The molecule has 0 aliphatic heterocycles. The van der Waals surface area contributed by atoms with Crippen molar-refractivity contribution in [1.29, 1.82) is 0 Å². The van der Waals surface area contributed by atoms with Gasteiger partial charge in [-0.25, -0.2) is 9.37 Å². The van der Waals surface area contributed by atoms with E-state index in [-0.39, 0.29) is 24.2 Å². The maximum Gasteiger partial charge on any atom is 0.226 e. The van der Waals surface area contributed by atoms with Crippen molar-refractivity contribution in [1.82, 2.24) is 15.2 Å². The summed E-state index contributed by atoms with van der Waals surface area (Å²) in [5.41, 5.74) is 2.49. The van der Waals surface area contributed by atoms with E-state index in [1.165, 1.54) is 23.5 Å².